The highest BCUT2D eigenvalue weighted by Gasteiger charge is 2.42. The summed E-state index contributed by atoms with van der Waals surface area (Å²) in [6.07, 6.45) is 0.306. The molecule has 2 aromatic rings. The Morgan fingerprint density at radius 3 is 2.69 bits per heavy atom. The highest BCUT2D eigenvalue weighted by Crippen LogP contribution is 2.41. The third kappa shape index (κ3) is 3.82. The number of aliphatic imine (C=N–C) groups is 1. The number of ether oxygens (including phenoxy) is 1. The molecule has 29 heavy (non-hydrogen) atoms. The number of nitrogens with zero attached hydrogens (tertiary/aromatic N) is 2. The number of thioether (sulfide) groups is 1. The molecular formula is C22H19FN2O3S. The molecule has 2 aliphatic heterocycles. The van der Waals surface area contributed by atoms with E-state index in [-0.39, 0.29) is 23.7 Å². The van der Waals surface area contributed by atoms with E-state index in [0.29, 0.717) is 23.0 Å². The standard InChI is InChI=1S/C22H19FN2O3S/c1-14-19(21(27)28-13-15-7-3-2-4-8-15)20(16-9-5-6-10-17(16)23)25-18(26)11-12-29-22(25)24-14/h2-10,20H,11-13H2,1H3/t20-/m1/s1. The predicted molar refractivity (Wildman–Crippen MR) is 109 cm³/mol. The van der Waals surface area contributed by atoms with Crippen molar-refractivity contribution in [2.45, 2.75) is 26.0 Å². The van der Waals surface area contributed by atoms with Crippen molar-refractivity contribution < 1.29 is 18.7 Å². The Bertz CT molecular complexity index is 1020. The first-order valence-corrected chi connectivity index (χ1v) is 10.2. The molecule has 148 valence electrons. The van der Waals surface area contributed by atoms with Crippen LogP contribution in [0.2, 0.25) is 0 Å². The molecule has 0 aliphatic carbocycles. The molecule has 5 nitrogen and oxygen atoms in total. The second-order valence-corrected chi connectivity index (χ2v) is 7.80. The first-order valence-electron chi connectivity index (χ1n) is 9.26. The SMILES string of the molecule is CC1=C(C(=O)OCc2ccccc2)[C@@H](c2ccccc2F)N2C(=O)CCSC2=N1. The largest absolute Gasteiger partial charge is 0.457 e. The summed E-state index contributed by atoms with van der Waals surface area (Å²) in [6, 6.07) is 14.6. The molecule has 0 radical (unpaired) electrons. The fraction of sp³-hybridized carbons (Fsp3) is 0.227. The lowest BCUT2D eigenvalue weighted by atomic mass is 9.93. The zero-order chi connectivity index (χ0) is 20.4. The fourth-order valence-corrected chi connectivity index (χ4v) is 4.46. The monoisotopic (exact) mass is 410 g/mol. The van der Waals surface area contributed by atoms with E-state index in [1.165, 1.54) is 22.7 Å². The van der Waals surface area contributed by atoms with Gasteiger partial charge in [-0.1, -0.05) is 60.3 Å². The number of esters is 1. The number of rotatable bonds is 4. The highest BCUT2D eigenvalue weighted by atomic mass is 32.2. The van der Waals surface area contributed by atoms with Gasteiger partial charge in [0.15, 0.2) is 5.17 Å². The van der Waals surface area contributed by atoms with Crippen molar-refractivity contribution in [3.05, 3.63) is 82.8 Å². The van der Waals surface area contributed by atoms with Crippen LogP contribution in [0, 0.1) is 5.82 Å². The predicted octanol–water partition coefficient (Wildman–Crippen LogP) is 4.22. The Labute approximate surface area is 172 Å². The van der Waals surface area contributed by atoms with E-state index in [4.69, 9.17) is 4.74 Å². The summed E-state index contributed by atoms with van der Waals surface area (Å²) in [5.74, 6) is -0.662. The maximum absolute atomic E-state index is 14.7. The zero-order valence-corrected chi connectivity index (χ0v) is 16.6. The number of benzene rings is 2. The number of amides is 1. The lowest BCUT2D eigenvalue weighted by Gasteiger charge is -2.38. The topological polar surface area (TPSA) is 59.0 Å². The minimum atomic E-state index is -0.896. The van der Waals surface area contributed by atoms with Gasteiger partial charge in [-0.05, 0) is 18.6 Å². The molecule has 1 amide bonds. The smallest absolute Gasteiger partial charge is 0.338 e. The maximum atomic E-state index is 14.7. The van der Waals surface area contributed by atoms with Gasteiger partial charge in [0.25, 0.3) is 0 Å². The summed E-state index contributed by atoms with van der Waals surface area (Å²) < 4.78 is 20.2. The van der Waals surface area contributed by atoms with Crippen LogP contribution < -0.4 is 0 Å². The minimum Gasteiger partial charge on any atom is -0.457 e. The zero-order valence-electron chi connectivity index (χ0n) is 15.8. The summed E-state index contributed by atoms with van der Waals surface area (Å²) in [5, 5.41) is 0.492. The summed E-state index contributed by atoms with van der Waals surface area (Å²) in [5.41, 5.74) is 1.71. The van der Waals surface area contributed by atoms with Crippen LogP contribution in [0.15, 0.2) is 70.9 Å². The molecule has 0 bridgehead atoms. The van der Waals surface area contributed by atoms with Gasteiger partial charge >= 0.3 is 5.97 Å². The third-order valence-electron chi connectivity index (χ3n) is 4.84. The first-order chi connectivity index (χ1) is 14.1. The quantitative estimate of drug-likeness (QED) is 0.708. The Hall–Kier alpha value is -2.93. The lowest BCUT2D eigenvalue weighted by Crippen LogP contribution is -2.46. The Kier molecular flexibility index (Phi) is 5.49. The van der Waals surface area contributed by atoms with Crippen molar-refractivity contribution in [2.24, 2.45) is 4.99 Å². The van der Waals surface area contributed by atoms with E-state index in [9.17, 15) is 14.0 Å². The van der Waals surface area contributed by atoms with Gasteiger partial charge in [-0.25, -0.2) is 14.2 Å². The molecule has 0 spiro atoms. The molecule has 0 aromatic heterocycles. The molecule has 1 atom stereocenters. The third-order valence-corrected chi connectivity index (χ3v) is 5.79. The van der Waals surface area contributed by atoms with Gasteiger partial charge in [0, 0.05) is 17.7 Å². The molecule has 0 saturated carbocycles. The fourth-order valence-electron chi connectivity index (χ4n) is 3.45. The van der Waals surface area contributed by atoms with Crippen LogP contribution in [0.5, 0.6) is 0 Å². The number of amidine groups is 1. The number of hydrogen-bond donors (Lipinski definition) is 0. The lowest BCUT2D eigenvalue weighted by molar-refractivity contribution is -0.141. The van der Waals surface area contributed by atoms with Crippen molar-refractivity contribution in [3.63, 3.8) is 0 Å². The van der Waals surface area contributed by atoms with Crippen LogP contribution in [0.4, 0.5) is 4.39 Å². The number of halogens is 1. The molecular weight excluding hydrogens is 391 g/mol. The normalized spacial score (nSPS) is 19.0. The summed E-state index contributed by atoms with van der Waals surface area (Å²) in [6.45, 7) is 1.77. The van der Waals surface area contributed by atoms with Gasteiger partial charge in [0.2, 0.25) is 5.91 Å². The van der Waals surface area contributed by atoms with Gasteiger partial charge in [-0.2, -0.15) is 0 Å². The van der Waals surface area contributed by atoms with E-state index < -0.39 is 17.8 Å². The molecule has 0 unspecified atom stereocenters. The number of fused-ring (bicyclic) bond motifs is 1. The number of carbonyl (C=O) groups excluding carboxylic acids is 2. The van der Waals surface area contributed by atoms with Crippen LogP contribution in [0.25, 0.3) is 0 Å². The van der Waals surface area contributed by atoms with Crippen LogP contribution in [-0.2, 0) is 20.9 Å². The van der Waals surface area contributed by atoms with E-state index in [2.05, 4.69) is 4.99 Å². The number of hydrogen-bond acceptors (Lipinski definition) is 5. The van der Waals surface area contributed by atoms with Gasteiger partial charge in [-0.15, -0.1) is 0 Å². The van der Waals surface area contributed by atoms with Crippen LogP contribution in [0.1, 0.15) is 30.5 Å². The van der Waals surface area contributed by atoms with E-state index in [1.807, 2.05) is 30.3 Å². The van der Waals surface area contributed by atoms with Crippen molar-refractivity contribution in [1.29, 1.82) is 0 Å². The molecule has 2 aliphatic rings. The molecule has 2 aromatic carbocycles. The van der Waals surface area contributed by atoms with E-state index >= 15 is 0 Å². The van der Waals surface area contributed by atoms with Crippen molar-refractivity contribution in [2.75, 3.05) is 5.75 Å². The van der Waals surface area contributed by atoms with Crippen LogP contribution >= 0.6 is 11.8 Å². The molecule has 1 fully saturated rings. The Morgan fingerprint density at radius 2 is 1.93 bits per heavy atom. The Balaban J connectivity index is 1.73. The second kappa shape index (κ2) is 8.21. The average molecular weight is 410 g/mol. The molecule has 2 heterocycles. The van der Waals surface area contributed by atoms with Crippen LogP contribution in [0.3, 0.4) is 0 Å². The maximum Gasteiger partial charge on any atom is 0.338 e. The summed E-state index contributed by atoms with van der Waals surface area (Å²) >= 11 is 1.43. The molecule has 4 rings (SSSR count). The van der Waals surface area contributed by atoms with Gasteiger partial charge < -0.3 is 4.74 Å². The van der Waals surface area contributed by atoms with Crippen molar-refractivity contribution >= 4 is 28.8 Å². The Morgan fingerprint density at radius 1 is 1.21 bits per heavy atom. The molecule has 1 saturated heterocycles. The minimum absolute atomic E-state index is 0.0830. The molecule has 7 heteroatoms. The van der Waals surface area contributed by atoms with Crippen LogP contribution in [-0.4, -0.2) is 27.7 Å². The second-order valence-electron chi connectivity index (χ2n) is 6.74. The number of allylic oxidation sites excluding steroid dienone is 1. The van der Waals surface area contributed by atoms with E-state index in [1.54, 1.807) is 25.1 Å². The van der Waals surface area contributed by atoms with Gasteiger partial charge in [0.05, 0.1) is 11.3 Å². The van der Waals surface area contributed by atoms with Gasteiger partial charge in [-0.3, -0.25) is 9.69 Å². The van der Waals surface area contributed by atoms with Crippen molar-refractivity contribution in [3.8, 4) is 0 Å². The molecule has 0 N–H and O–H groups in total. The van der Waals surface area contributed by atoms with Gasteiger partial charge in [0.1, 0.15) is 18.5 Å². The summed E-state index contributed by atoms with van der Waals surface area (Å²) in [4.78, 5) is 31.6. The van der Waals surface area contributed by atoms with E-state index in [0.717, 1.165) is 5.56 Å². The first kappa shape index (κ1) is 19.4. The number of carbonyl (C=O) groups is 2. The highest BCUT2D eigenvalue weighted by molar-refractivity contribution is 8.14. The average Bonchev–Trinajstić information content (AvgIpc) is 2.72. The van der Waals surface area contributed by atoms with Crippen molar-refractivity contribution in [1.82, 2.24) is 4.90 Å². The summed E-state index contributed by atoms with van der Waals surface area (Å²) in [7, 11) is 0.